The molecule has 2 radical (unpaired) electrons. The van der Waals surface area contributed by atoms with E-state index in [2.05, 4.69) is 0 Å². The monoisotopic (exact) mass is 744 g/mol. The summed E-state index contributed by atoms with van der Waals surface area (Å²) in [7, 11) is 2.74. The Balaban J connectivity index is 0. The first kappa shape index (κ1) is 30.9. The van der Waals surface area contributed by atoms with E-state index in [1.165, 1.54) is 32.4 Å². The molecule has 1 atom stereocenters. The van der Waals surface area contributed by atoms with E-state index >= 15 is 0 Å². The summed E-state index contributed by atoms with van der Waals surface area (Å²) >= 11 is 0. The van der Waals surface area contributed by atoms with Crippen LogP contribution >= 0.6 is 9.03 Å². The molecule has 1 heterocycles. The Bertz CT molecular complexity index is 851. The van der Waals surface area contributed by atoms with Crippen LogP contribution in [0.1, 0.15) is 20.7 Å². The van der Waals surface area contributed by atoms with E-state index < -0.39 is 11.9 Å². The fourth-order valence-corrected chi connectivity index (χ4v) is 2.54. The molecule has 0 spiro atoms. The summed E-state index contributed by atoms with van der Waals surface area (Å²) in [5.41, 5.74) is 0.157. The zero-order valence-corrected chi connectivity index (χ0v) is 24.9. The van der Waals surface area contributed by atoms with Gasteiger partial charge in [0.25, 0.3) is 9.03 Å². The molecule has 0 fully saturated rings. The third-order valence-electron chi connectivity index (χ3n) is 3.21. The topological polar surface area (TPSA) is 132 Å². The van der Waals surface area contributed by atoms with Gasteiger partial charge in [0.15, 0.2) is 23.0 Å². The number of phenolic OH excluding ortho intramolecular Hbond substituents is 1. The predicted molar refractivity (Wildman–Crippen MR) is 91.1 cm³/mol. The van der Waals surface area contributed by atoms with Crippen LogP contribution in [0.25, 0.3) is 0 Å². The SMILES string of the molecule is COc1ccc(C(=O)O)cc1OC.O=C(O)c1cc(O)c2c(c1)OPO2.[W].[Y].[Y]. The van der Waals surface area contributed by atoms with Crippen LogP contribution in [0.5, 0.6) is 28.7 Å². The van der Waals surface area contributed by atoms with Crippen LogP contribution in [-0.4, -0.2) is 41.5 Å². The Kier molecular flexibility index (Phi) is 15.6. The van der Waals surface area contributed by atoms with Gasteiger partial charge in [0.1, 0.15) is 0 Å². The summed E-state index contributed by atoms with van der Waals surface area (Å²) in [5.74, 6) is -0.883. The molecule has 150 valence electrons. The second kappa shape index (κ2) is 14.7. The maximum absolute atomic E-state index is 10.6. The minimum absolute atomic E-state index is 0. The maximum atomic E-state index is 10.6. The van der Waals surface area contributed by atoms with Gasteiger partial charge in [-0.3, -0.25) is 0 Å². The summed E-state index contributed by atoms with van der Waals surface area (Å²) in [6.07, 6.45) is 0. The van der Waals surface area contributed by atoms with Crippen LogP contribution in [0.3, 0.4) is 0 Å². The molecule has 29 heavy (non-hydrogen) atoms. The van der Waals surface area contributed by atoms with Gasteiger partial charge < -0.3 is 33.8 Å². The fourth-order valence-electron chi connectivity index (χ4n) is 1.97. The normalized spacial score (nSPS) is 10.8. The summed E-state index contributed by atoms with van der Waals surface area (Å²) in [6.45, 7) is 0. The molecule has 0 aliphatic carbocycles. The van der Waals surface area contributed by atoms with E-state index in [0.717, 1.165) is 6.07 Å². The van der Waals surface area contributed by atoms with Crippen molar-refractivity contribution >= 4 is 21.0 Å². The maximum Gasteiger partial charge on any atom is 0.335 e. The Hall–Kier alpha value is -0.294. The average Bonchev–Trinajstić information content (AvgIpc) is 3.10. The smallest absolute Gasteiger partial charge is 0.335 e. The largest absolute Gasteiger partial charge is 0.504 e. The van der Waals surface area contributed by atoms with Crippen LogP contribution in [0.2, 0.25) is 0 Å². The number of phenols is 1. The molecular weight excluding hydrogens is 729 g/mol. The molecule has 2 aromatic rings. The van der Waals surface area contributed by atoms with Gasteiger partial charge in [-0.15, -0.1) is 0 Å². The zero-order chi connectivity index (χ0) is 19.3. The van der Waals surface area contributed by atoms with Gasteiger partial charge in [-0.05, 0) is 30.3 Å². The van der Waals surface area contributed by atoms with Gasteiger partial charge in [-0.25, -0.2) is 9.59 Å². The van der Waals surface area contributed by atoms with Crippen LogP contribution in [0.15, 0.2) is 30.3 Å². The number of hydrogen-bond donors (Lipinski definition) is 3. The summed E-state index contributed by atoms with van der Waals surface area (Å²) < 4.78 is 19.8. The first-order chi connectivity index (χ1) is 12.4. The Morgan fingerprint density at radius 1 is 0.897 bits per heavy atom. The number of rotatable bonds is 4. The number of methoxy groups -OCH3 is 2. The number of hydrogen-bond acceptors (Lipinski definition) is 7. The van der Waals surface area contributed by atoms with Crippen molar-refractivity contribution in [3.05, 3.63) is 41.5 Å². The fraction of sp³-hybridized carbons (Fsp3) is 0.125. The predicted octanol–water partition coefficient (Wildman–Crippen LogP) is 2.76. The van der Waals surface area contributed by atoms with Gasteiger partial charge >= 0.3 is 11.9 Å². The number of aromatic carboxylic acids is 2. The number of fused-ring (bicyclic) bond motifs is 1. The van der Waals surface area contributed by atoms with E-state index in [4.69, 9.17) is 28.7 Å². The van der Waals surface area contributed by atoms with Crippen molar-refractivity contribution in [2.24, 2.45) is 0 Å². The molecule has 3 N–H and O–H groups in total. The zero-order valence-electron chi connectivity index (χ0n) is 15.2. The third-order valence-corrected chi connectivity index (χ3v) is 3.80. The Morgan fingerprint density at radius 3 is 2.00 bits per heavy atom. The number of aromatic hydroxyl groups is 1. The van der Waals surface area contributed by atoms with Gasteiger partial charge in [0.2, 0.25) is 5.75 Å². The van der Waals surface area contributed by atoms with Crippen molar-refractivity contribution < 1.29 is 130 Å². The Morgan fingerprint density at radius 2 is 1.48 bits per heavy atom. The van der Waals surface area contributed by atoms with Crippen LogP contribution < -0.4 is 18.5 Å². The molecule has 9 nitrogen and oxygen atoms in total. The molecular formula is C16H15O9PWY2. The van der Waals surface area contributed by atoms with E-state index in [9.17, 15) is 14.7 Å². The van der Waals surface area contributed by atoms with E-state index in [0.29, 0.717) is 11.5 Å². The number of ether oxygens (including phenoxy) is 2. The van der Waals surface area contributed by atoms with Crippen LogP contribution in [-0.2, 0) is 86.5 Å². The molecule has 0 saturated carbocycles. The molecule has 3 rings (SSSR count). The molecule has 1 unspecified atom stereocenters. The quantitative estimate of drug-likeness (QED) is 0.405. The Labute approximate surface area is 232 Å². The van der Waals surface area contributed by atoms with Crippen molar-refractivity contribution in [1.82, 2.24) is 0 Å². The van der Waals surface area contributed by atoms with Crippen LogP contribution in [0.4, 0.5) is 0 Å². The van der Waals surface area contributed by atoms with Crippen molar-refractivity contribution in [2.75, 3.05) is 14.2 Å². The van der Waals surface area contributed by atoms with Gasteiger partial charge in [0.05, 0.1) is 25.3 Å². The third kappa shape index (κ3) is 8.39. The first-order valence-corrected chi connectivity index (χ1v) is 7.83. The van der Waals surface area contributed by atoms with Crippen molar-refractivity contribution in [3.63, 3.8) is 0 Å². The van der Waals surface area contributed by atoms with Crippen molar-refractivity contribution in [1.29, 1.82) is 0 Å². The minimum Gasteiger partial charge on any atom is -0.504 e. The van der Waals surface area contributed by atoms with Gasteiger partial charge in [-0.1, -0.05) is 0 Å². The van der Waals surface area contributed by atoms with Gasteiger partial charge in [-0.2, -0.15) is 0 Å². The number of carboxylic acids is 2. The summed E-state index contributed by atoms with van der Waals surface area (Å²) in [5, 5.41) is 26.6. The molecule has 0 aromatic heterocycles. The molecule has 13 heteroatoms. The van der Waals surface area contributed by atoms with E-state index in [-0.39, 0.29) is 124 Å². The number of carbonyl (C=O) groups is 2. The summed E-state index contributed by atoms with van der Waals surface area (Å²) in [4.78, 5) is 21.1. The standard InChI is InChI=1S/C9H10O4.C7H5O5P.W.2Y/c1-12-7-4-3-6(9(10)11)5-8(7)13-2;8-4-1-3(7(9)10)2-5-6(4)12-13-11-5;;;/h3-5H,1-2H3,(H,10,11);1-2,8,13H,(H,9,10);;;. The van der Waals surface area contributed by atoms with Gasteiger partial charge in [0, 0.05) is 86.5 Å². The van der Waals surface area contributed by atoms with Crippen LogP contribution in [0, 0.1) is 0 Å². The first-order valence-electron chi connectivity index (χ1n) is 7.01. The average molecular weight is 744 g/mol. The molecule has 1 aliphatic heterocycles. The molecule has 0 amide bonds. The van der Waals surface area contributed by atoms with E-state index in [1.54, 1.807) is 6.07 Å². The molecule has 1 aliphatic rings. The second-order valence-electron chi connectivity index (χ2n) is 4.79. The molecule has 2 aromatic carbocycles. The number of benzene rings is 2. The van der Waals surface area contributed by atoms with Crippen molar-refractivity contribution in [2.45, 2.75) is 0 Å². The second-order valence-corrected chi connectivity index (χ2v) is 5.37. The minimum atomic E-state index is -1.11. The van der Waals surface area contributed by atoms with E-state index in [1.807, 2.05) is 0 Å². The number of carboxylic acid groups (broad SMARTS) is 2. The summed E-state index contributed by atoms with van der Waals surface area (Å²) in [6, 6.07) is 6.88. The molecule has 0 saturated heterocycles. The van der Waals surface area contributed by atoms with Crippen molar-refractivity contribution in [3.8, 4) is 28.7 Å². The molecule has 0 bridgehead atoms.